The number of benzene rings is 3. The average Bonchev–Trinajstić information content (AvgIpc) is 2.96. The number of nitrogens with zero attached hydrogens (tertiary/aromatic N) is 3. The zero-order chi connectivity index (χ0) is 26.5. The Balaban J connectivity index is 1.62. The van der Waals surface area contributed by atoms with Crippen LogP contribution in [0.2, 0.25) is 0 Å². The van der Waals surface area contributed by atoms with Crippen molar-refractivity contribution in [3.8, 4) is 29.0 Å². The van der Waals surface area contributed by atoms with Gasteiger partial charge in [0.25, 0.3) is 5.56 Å². The van der Waals surface area contributed by atoms with E-state index in [9.17, 15) is 4.79 Å². The van der Waals surface area contributed by atoms with Gasteiger partial charge in [-0.3, -0.25) is 14.3 Å². The Hall–Kier alpha value is -5.15. The molecular formula is C32H25N3O3. The molecule has 6 nitrogen and oxygen atoms in total. The SMILES string of the molecule is COc1ccc(/C=C/c2nc3ccccc3c(=O)n2-c2ccc(C#Cc3cccnc3)cc2C)c(OC)c1. The van der Waals surface area contributed by atoms with Crippen LogP contribution in [0.15, 0.2) is 90.0 Å². The van der Waals surface area contributed by atoms with Gasteiger partial charge in [0.15, 0.2) is 0 Å². The highest BCUT2D eigenvalue weighted by Crippen LogP contribution is 2.27. The van der Waals surface area contributed by atoms with E-state index in [1.807, 2.05) is 85.8 Å². The molecule has 0 N–H and O–H groups in total. The van der Waals surface area contributed by atoms with Crippen LogP contribution in [0.25, 0.3) is 28.7 Å². The fourth-order valence-corrected chi connectivity index (χ4v) is 4.18. The largest absolute Gasteiger partial charge is 0.497 e. The lowest BCUT2D eigenvalue weighted by Crippen LogP contribution is -2.23. The highest BCUT2D eigenvalue weighted by atomic mass is 16.5. The summed E-state index contributed by atoms with van der Waals surface area (Å²) in [6.45, 7) is 1.96. The van der Waals surface area contributed by atoms with E-state index in [4.69, 9.17) is 14.5 Å². The number of rotatable bonds is 5. The number of methoxy groups -OCH3 is 2. The summed E-state index contributed by atoms with van der Waals surface area (Å²) in [5, 5.41) is 0.548. The standard InChI is InChI=1S/C32H25N3O3/c1-22-19-23(10-11-24-7-6-18-33-21-24)12-16-29(22)35-31(34-28-9-5-4-8-27(28)32(35)36)17-14-25-13-15-26(37-2)20-30(25)38-3/h4-9,12-21H,1-3H3/b17-14+. The van der Waals surface area contributed by atoms with E-state index in [1.54, 1.807) is 37.2 Å². The predicted octanol–water partition coefficient (Wildman–Crippen LogP) is 5.68. The lowest BCUT2D eigenvalue weighted by Gasteiger charge is -2.14. The van der Waals surface area contributed by atoms with Crippen LogP contribution >= 0.6 is 0 Å². The van der Waals surface area contributed by atoms with Crippen molar-refractivity contribution in [2.75, 3.05) is 14.2 Å². The van der Waals surface area contributed by atoms with Crippen LogP contribution in [-0.4, -0.2) is 28.8 Å². The van der Waals surface area contributed by atoms with Crippen molar-refractivity contribution in [3.05, 3.63) is 124 Å². The van der Waals surface area contributed by atoms with Crippen molar-refractivity contribution in [1.82, 2.24) is 14.5 Å². The van der Waals surface area contributed by atoms with Crippen LogP contribution in [0.5, 0.6) is 11.5 Å². The molecule has 5 aromatic rings. The Morgan fingerprint density at radius 2 is 1.71 bits per heavy atom. The van der Waals surface area contributed by atoms with E-state index in [2.05, 4.69) is 16.8 Å². The van der Waals surface area contributed by atoms with Crippen molar-refractivity contribution >= 4 is 23.1 Å². The first-order valence-electron chi connectivity index (χ1n) is 12.0. The molecule has 38 heavy (non-hydrogen) atoms. The summed E-state index contributed by atoms with van der Waals surface area (Å²) in [5.74, 6) is 8.16. The Morgan fingerprint density at radius 1 is 0.868 bits per heavy atom. The van der Waals surface area contributed by atoms with E-state index in [0.29, 0.717) is 28.2 Å². The minimum Gasteiger partial charge on any atom is -0.497 e. The smallest absolute Gasteiger partial charge is 0.266 e. The molecule has 2 aromatic heterocycles. The van der Waals surface area contributed by atoms with Crippen molar-refractivity contribution in [1.29, 1.82) is 0 Å². The Bertz CT molecular complexity index is 1780. The van der Waals surface area contributed by atoms with Crippen LogP contribution in [0.4, 0.5) is 0 Å². The van der Waals surface area contributed by atoms with Crippen molar-refractivity contribution in [2.24, 2.45) is 0 Å². The third-order valence-electron chi connectivity index (χ3n) is 6.10. The molecule has 6 heteroatoms. The number of ether oxygens (including phenoxy) is 2. The van der Waals surface area contributed by atoms with E-state index >= 15 is 0 Å². The van der Waals surface area contributed by atoms with Gasteiger partial charge in [-0.05, 0) is 79.2 Å². The molecule has 0 saturated heterocycles. The molecule has 0 spiro atoms. The van der Waals surface area contributed by atoms with Gasteiger partial charge < -0.3 is 9.47 Å². The Morgan fingerprint density at radius 3 is 2.47 bits per heavy atom. The van der Waals surface area contributed by atoms with Gasteiger partial charge in [0.05, 0.1) is 30.8 Å². The van der Waals surface area contributed by atoms with Crippen LogP contribution in [-0.2, 0) is 0 Å². The quantitative estimate of drug-likeness (QED) is 0.291. The molecule has 186 valence electrons. The number of para-hydroxylation sites is 1. The van der Waals surface area contributed by atoms with E-state index in [-0.39, 0.29) is 5.56 Å². The van der Waals surface area contributed by atoms with E-state index < -0.39 is 0 Å². The molecule has 0 radical (unpaired) electrons. The lowest BCUT2D eigenvalue weighted by molar-refractivity contribution is 0.394. The minimum atomic E-state index is -0.144. The fourth-order valence-electron chi connectivity index (χ4n) is 4.18. The van der Waals surface area contributed by atoms with Crippen molar-refractivity contribution < 1.29 is 9.47 Å². The van der Waals surface area contributed by atoms with Gasteiger partial charge in [-0.25, -0.2) is 4.98 Å². The molecule has 0 unspecified atom stereocenters. The molecule has 3 aromatic carbocycles. The summed E-state index contributed by atoms with van der Waals surface area (Å²) >= 11 is 0. The van der Waals surface area contributed by atoms with Gasteiger partial charge in [-0.15, -0.1) is 0 Å². The maximum atomic E-state index is 13.7. The first-order chi connectivity index (χ1) is 18.6. The van der Waals surface area contributed by atoms with Gasteiger partial charge in [0.2, 0.25) is 0 Å². The van der Waals surface area contributed by atoms with Gasteiger partial charge >= 0.3 is 0 Å². The molecule has 0 aliphatic rings. The molecule has 0 saturated carbocycles. The zero-order valence-electron chi connectivity index (χ0n) is 21.3. The predicted molar refractivity (Wildman–Crippen MR) is 151 cm³/mol. The highest BCUT2D eigenvalue weighted by Gasteiger charge is 2.13. The maximum Gasteiger partial charge on any atom is 0.266 e. The number of hydrogen-bond donors (Lipinski definition) is 0. The van der Waals surface area contributed by atoms with Crippen LogP contribution in [0, 0.1) is 18.8 Å². The summed E-state index contributed by atoms with van der Waals surface area (Å²) in [4.78, 5) is 22.7. The van der Waals surface area contributed by atoms with E-state index in [1.165, 1.54) is 0 Å². The number of fused-ring (bicyclic) bond motifs is 1. The molecular weight excluding hydrogens is 474 g/mol. The summed E-state index contributed by atoms with van der Waals surface area (Å²) in [6.07, 6.45) is 7.16. The molecule has 0 fully saturated rings. The molecule has 0 atom stereocenters. The number of pyridine rings is 1. The Labute approximate surface area is 220 Å². The van der Waals surface area contributed by atoms with Crippen LogP contribution in [0.3, 0.4) is 0 Å². The normalized spacial score (nSPS) is 10.8. The van der Waals surface area contributed by atoms with Gasteiger partial charge in [0.1, 0.15) is 17.3 Å². The molecule has 0 amide bonds. The molecule has 0 bridgehead atoms. The summed E-state index contributed by atoms with van der Waals surface area (Å²) < 4.78 is 12.5. The molecule has 0 aliphatic carbocycles. The Kier molecular flexibility index (Phi) is 7.01. The summed E-state index contributed by atoms with van der Waals surface area (Å²) in [6, 6.07) is 22.5. The highest BCUT2D eigenvalue weighted by molar-refractivity contribution is 5.80. The number of hydrogen-bond acceptors (Lipinski definition) is 5. The monoisotopic (exact) mass is 499 g/mol. The van der Waals surface area contributed by atoms with Crippen molar-refractivity contribution in [2.45, 2.75) is 6.92 Å². The first kappa shape index (κ1) is 24.5. The summed E-state index contributed by atoms with van der Waals surface area (Å²) in [7, 11) is 3.22. The minimum absolute atomic E-state index is 0.144. The van der Waals surface area contributed by atoms with Crippen molar-refractivity contribution in [3.63, 3.8) is 0 Å². The lowest BCUT2D eigenvalue weighted by atomic mass is 10.1. The topological polar surface area (TPSA) is 66.2 Å². The second-order valence-electron chi connectivity index (χ2n) is 8.56. The number of aromatic nitrogens is 3. The van der Waals surface area contributed by atoms with Gasteiger partial charge in [0, 0.05) is 35.2 Å². The first-order valence-corrected chi connectivity index (χ1v) is 12.0. The number of aryl methyl sites for hydroxylation is 1. The zero-order valence-corrected chi connectivity index (χ0v) is 21.3. The maximum absolute atomic E-state index is 13.7. The second-order valence-corrected chi connectivity index (χ2v) is 8.56. The third kappa shape index (κ3) is 5.04. The molecule has 2 heterocycles. The molecule has 0 aliphatic heterocycles. The van der Waals surface area contributed by atoms with Gasteiger partial charge in [-0.2, -0.15) is 0 Å². The second kappa shape index (κ2) is 10.9. The van der Waals surface area contributed by atoms with E-state index in [0.717, 1.165) is 27.9 Å². The average molecular weight is 500 g/mol. The third-order valence-corrected chi connectivity index (χ3v) is 6.10. The van der Waals surface area contributed by atoms with Gasteiger partial charge in [-0.1, -0.05) is 24.0 Å². The van der Waals surface area contributed by atoms with Crippen LogP contribution in [0.1, 0.15) is 28.1 Å². The molecule has 5 rings (SSSR count). The van der Waals surface area contributed by atoms with Crippen LogP contribution < -0.4 is 15.0 Å². The summed E-state index contributed by atoms with van der Waals surface area (Å²) in [5.41, 5.74) is 4.64. The fraction of sp³-hybridized carbons (Fsp3) is 0.0938.